The van der Waals surface area contributed by atoms with Gasteiger partial charge in [-0.3, -0.25) is 14.6 Å². The molecule has 1 atom stereocenters. The molecule has 264 valence electrons. The summed E-state index contributed by atoms with van der Waals surface area (Å²) in [5.41, 5.74) is 24.3. The van der Waals surface area contributed by atoms with Gasteiger partial charge < -0.3 is 26.7 Å². The molecule has 1 aromatic heterocycles. The molecule has 0 fully saturated rings. The van der Waals surface area contributed by atoms with E-state index < -0.39 is 11.9 Å². The minimum atomic E-state index is -0.715. The average Bonchev–Trinajstić information content (AvgIpc) is 3.49. The number of aliphatic imine (C=N–C) groups is 1. The van der Waals surface area contributed by atoms with Crippen molar-refractivity contribution in [1.29, 1.82) is 0 Å². The van der Waals surface area contributed by atoms with E-state index in [1.807, 2.05) is 83.1 Å². The molecule has 2 amide bonds. The molecule has 0 bridgehead atoms. The van der Waals surface area contributed by atoms with Crippen LogP contribution in [0.5, 0.6) is 0 Å². The lowest BCUT2D eigenvalue weighted by Gasteiger charge is -2.23. The maximum atomic E-state index is 14.2. The zero-order chi connectivity index (χ0) is 36.5. The van der Waals surface area contributed by atoms with E-state index in [-0.39, 0.29) is 17.3 Å². The van der Waals surface area contributed by atoms with Gasteiger partial charge in [0.1, 0.15) is 11.9 Å². The summed E-state index contributed by atoms with van der Waals surface area (Å²) < 4.78 is 1.90. The van der Waals surface area contributed by atoms with Crippen molar-refractivity contribution < 1.29 is 9.59 Å². The van der Waals surface area contributed by atoms with E-state index >= 15 is 0 Å². The van der Waals surface area contributed by atoms with E-state index in [2.05, 4.69) is 68.2 Å². The van der Waals surface area contributed by atoms with Crippen LogP contribution >= 0.6 is 0 Å². The van der Waals surface area contributed by atoms with E-state index in [4.69, 9.17) is 22.2 Å². The molecule has 6 N–H and O–H groups in total. The number of hydrogen-bond donors (Lipinski definition) is 3. The van der Waals surface area contributed by atoms with Crippen LogP contribution < -0.4 is 17.2 Å². The first kappa shape index (κ1) is 36.6. The van der Waals surface area contributed by atoms with Crippen LogP contribution in [0.3, 0.4) is 0 Å². The standard InChI is InChI=1S/C42H49N7O2/c1-29(26-31-17-20-34(21-18-31)42(2,3)4)39-47-35-27-33(19-22-36(35)49(39)37(38(43)50)16-11-24-46-41(44)45)40(51)48(28-32-14-9-6-10-15-32)25-23-30-12-7-5-8-13-30/h5-10,12-15,17-22,26-27,37H,11,16,23-25,28H2,1-4H3,(H2,43,50)(H4,44,45,46)/b29-26+. The third kappa shape index (κ3) is 9.51. The van der Waals surface area contributed by atoms with Gasteiger partial charge in [0.05, 0.1) is 11.0 Å². The second-order valence-corrected chi connectivity index (χ2v) is 14.0. The maximum Gasteiger partial charge on any atom is 0.254 e. The van der Waals surface area contributed by atoms with Crippen LogP contribution in [0, 0.1) is 0 Å². The second kappa shape index (κ2) is 16.3. The number of amides is 2. The number of nitrogens with two attached hydrogens (primary N) is 3. The van der Waals surface area contributed by atoms with Crippen molar-refractivity contribution in [3.63, 3.8) is 0 Å². The van der Waals surface area contributed by atoms with Crippen molar-refractivity contribution in [2.45, 2.75) is 65.0 Å². The summed E-state index contributed by atoms with van der Waals surface area (Å²) in [7, 11) is 0. The first-order valence-corrected chi connectivity index (χ1v) is 17.4. The maximum absolute atomic E-state index is 14.2. The van der Waals surface area contributed by atoms with Crippen molar-refractivity contribution >= 4 is 40.5 Å². The molecule has 9 heteroatoms. The molecule has 0 aliphatic heterocycles. The highest BCUT2D eigenvalue weighted by Crippen LogP contribution is 2.31. The van der Waals surface area contributed by atoms with Crippen molar-refractivity contribution in [2.75, 3.05) is 13.1 Å². The Bertz CT molecular complexity index is 2000. The number of carbonyl (C=O) groups excluding carboxylic acids is 2. The van der Waals surface area contributed by atoms with Crippen molar-refractivity contribution in [2.24, 2.45) is 22.2 Å². The van der Waals surface area contributed by atoms with Gasteiger partial charge in [-0.25, -0.2) is 4.98 Å². The smallest absolute Gasteiger partial charge is 0.254 e. The van der Waals surface area contributed by atoms with Crippen LogP contribution in [0.1, 0.15) is 85.0 Å². The van der Waals surface area contributed by atoms with E-state index in [1.165, 1.54) is 5.56 Å². The van der Waals surface area contributed by atoms with Gasteiger partial charge in [0.25, 0.3) is 5.91 Å². The molecule has 5 rings (SSSR count). The highest BCUT2D eigenvalue weighted by molar-refractivity contribution is 5.98. The lowest BCUT2D eigenvalue weighted by molar-refractivity contribution is -0.121. The summed E-state index contributed by atoms with van der Waals surface area (Å²) in [5, 5.41) is 0. The number of imidazole rings is 1. The fourth-order valence-electron chi connectivity index (χ4n) is 6.26. The Morgan fingerprint density at radius 3 is 2.14 bits per heavy atom. The topological polar surface area (TPSA) is 146 Å². The summed E-state index contributed by atoms with van der Waals surface area (Å²) in [4.78, 5) is 38.3. The molecule has 0 spiro atoms. The molecule has 9 nitrogen and oxygen atoms in total. The molecule has 4 aromatic carbocycles. The van der Waals surface area contributed by atoms with Gasteiger partial charge in [-0.1, -0.05) is 106 Å². The van der Waals surface area contributed by atoms with Crippen LogP contribution in [-0.4, -0.2) is 45.3 Å². The first-order valence-electron chi connectivity index (χ1n) is 17.4. The molecule has 0 saturated heterocycles. The van der Waals surface area contributed by atoms with E-state index in [1.54, 1.807) is 0 Å². The molecule has 0 saturated carbocycles. The van der Waals surface area contributed by atoms with Gasteiger partial charge >= 0.3 is 0 Å². The quantitative estimate of drug-likeness (QED) is 0.0665. The number of aromatic nitrogens is 2. The fraction of sp³-hybridized carbons (Fsp3) is 0.286. The minimum absolute atomic E-state index is 0.00192. The van der Waals surface area contributed by atoms with Crippen LogP contribution in [0.15, 0.2) is 108 Å². The van der Waals surface area contributed by atoms with Gasteiger partial charge in [-0.15, -0.1) is 0 Å². The Labute approximate surface area is 300 Å². The Morgan fingerprint density at radius 1 is 0.882 bits per heavy atom. The van der Waals surface area contributed by atoms with Crippen molar-refractivity contribution in [3.05, 3.63) is 137 Å². The molecule has 51 heavy (non-hydrogen) atoms. The molecule has 0 aliphatic carbocycles. The van der Waals surface area contributed by atoms with E-state index in [0.29, 0.717) is 54.9 Å². The molecule has 1 unspecified atom stereocenters. The Hall–Kier alpha value is -5.70. The second-order valence-electron chi connectivity index (χ2n) is 14.0. The molecular formula is C42H49N7O2. The van der Waals surface area contributed by atoms with Crippen molar-refractivity contribution in [1.82, 2.24) is 14.5 Å². The third-order valence-corrected chi connectivity index (χ3v) is 9.04. The predicted octanol–water partition coefficient (Wildman–Crippen LogP) is 6.86. The largest absolute Gasteiger partial charge is 0.370 e. The number of hydrogen-bond acceptors (Lipinski definition) is 4. The van der Waals surface area contributed by atoms with E-state index in [0.717, 1.165) is 28.7 Å². The highest BCUT2D eigenvalue weighted by atomic mass is 16.2. The Morgan fingerprint density at radius 2 is 1.53 bits per heavy atom. The monoisotopic (exact) mass is 683 g/mol. The number of fused-ring (bicyclic) bond motifs is 1. The molecular weight excluding hydrogens is 635 g/mol. The number of benzene rings is 4. The van der Waals surface area contributed by atoms with E-state index in [9.17, 15) is 9.59 Å². The number of nitrogens with zero attached hydrogens (tertiary/aromatic N) is 4. The summed E-state index contributed by atoms with van der Waals surface area (Å²) in [6.45, 7) is 9.92. The van der Waals surface area contributed by atoms with Crippen LogP contribution in [-0.2, 0) is 23.2 Å². The number of carbonyl (C=O) groups is 2. The molecule has 0 radical (unpaired) electrons. The first-order chi connectivity index (χ1) is 24.4. The zero-order valence-electron chi connectivity index (χ0n) is 30.0. The summed E-state index contributed by atoms with van der Waals surface area (Å²) in [6, 6.07) is 33.4. The number of rotatable bonds is 14. The third-order valence-electron chi connectivity index (χ3n) is 9.04. The lowest BCUT2D eigenvalue weighted by Crippen LogP contribution is -2.32. The number of primary amides is 1. The zero-order valence-corrected chi connectivity index (χ0v) is 30.0. The SMILES string of the molecule is C/C(=C\c1ccc(C(C)(C)C)cc1)c1nc2cc(C(=O)N(CCc3ccccc3)Cc3ccccc3)ccc2n1C(CCCN=C(N)N)C(N)=O. The summed E-state index contributed by atoms with van der Waals surface area (Å²) >= 11 is 0. The van der Waals surface area contributed by atoms with Gasteiger partial charge in [-0.05, 0) is 83.7 Å². The molecule has 5 aromatic rings. The summed E-state index contributed by atoms with van der Waals surface area (Å²) in [6.07, 6.45) is 3.72. The van der Waals surface area contributed by atoms with Crippen molar-refractivity contribution in [3.8, 4) is 0 Å². The van der Waals surface area contributed by atoms with Crippen LogP contribution in [0.4, 0.5) is 0 Å². The molecule has 1 heterocycles. The number of guanidine groups is 1. The van der Waals surface area contributed by atoms with Gasteiger partial charge in [0.2, 0.25) is 5.91 Å². The van der Waals surface area contributed by atoms with Gasteiger partial charge in [0.15, 0.2) is 5.96 Å². The lowest BCUT2D eigenvalue weighted by atomic mass is 9.86. The molecule has 0 aliphatic rings. The van der Waals surface area contributed by atoms with Crippen LogP contribution in [0.25, 0.3) is 22.7 Å². The Balaban J connectivity index is 1.54. The minimum Gasteiger partial charge on any atom is -0.370 e. The highest BCUT2D eigenvalue weighted by Gasteiger charge is 2.26. The normalized spacial score (nSPS) is 12.4. The number of allylic oxidation sites excluding steroid dienone is 1. The van der Waals surface area contributed by atoms with Crippen LogP contribution in [0.2, 0.25) is 0 Å². The Kier molecular flexibility index (Phi) is 11.7. The predicted molar refractivity (Wildman–Crippen MR) is 208 cm³/mol. The average molecular weight is 684 g/mol. The van der Waals surface area contributed by atoms with Gasteiger partial charge in [-0.2, -0.15) is 0 Å². The van der Waals surface area contributed by atoms with Gasteiger partial charge in [0, 0.05) is 25.2 Å². The fourth-order valence-corrected chi connectivity index (χ4v) is 6.26. The summed E-state index contributed by atoms with van der Waals surface area (Å²) in [5.74, 6) is 0.0173.